The third kappa shape index (κ3) is 2.53. The summed E-state index contributed by atoms with van der Waals surface area (Å²) in [5.74, 6) is -0.00460. The van der Waals surface area contributed by atoms with Crippen LogP contribution in [0.15, 0.2) is 18.2 Å². The maximum absolute atomic E-state index is 12.1. The molecular weight excluding hydrogens is 248 g/mol. The Kier molecular flexibility index (Phi) is 3.71. The molecule has 0 spiro atoms. The largest absolute Gasteiger partial charge is 0.479 e. The second kappa shape index (κ2) is 5.27. The highest BCUT2D eigenvalue weighted by molar-refractivity contribution is 6.03. The number of amides is 2. The fourth-order valence-corrected chi connectivity index (χ4v) is 1.94. The van der Waals surface area contributed by atoms with Crippen LogP contribution >= 0.6 is 0 Å². The van der Waals surface area contributed by atoms with E-state index in [4.69, 9.17) is 9.84 Å². The molecular formula is C13H16N2O4. The van der Waals surface area contributed by atoms with E-state index in [1.54, 1.807) is 25.1 Å². The Labute approximate surface area is 111 Å². The Morgan fingerprint density at radius 3 is 2.89 bits per heavy atom. The zero-order valence-electron chi connectivity index (χ0n) is 10.8. The van der Waals surface area contributed by atoms with Crippen molar-refractivity contribution in [1.29, 1.82) is 0 Å². The van der Waals surface area contributed by atoms with Crippen molar-refractivity contribution in [1.82, 2.24) is 5.32 Å². The van der Waals surface area contributed by atoms with Crippen LogP contribution in [0.2, 0.25) is 0 Å². The van der Waals surface area contributed by atoms with Gasteiger partial charge >= 0.3 is 0 Å². The van der Waals surface area contributed by atoms with Gasteiger partial charge in [0.05, 0.1) is 12.3 Å². The van der Waals surface area contributed by atoms with Crippen molar-refractivity contribution in [3.63, 3.8) is 0 Å². The highest BCUT2D eigenvalue weighted by Crippen LogP contribution is 2.34. The number of carbonyl (C=O) groups excluding carboxylic acids is 2. The topological polar surface area (TPSA) is 78.9 Å². The zero-order valence-corrected chi connectivity index (χ0v) is 10.8. The van der Waals surface area contributed by atoms with E-state index in [0.29, 0.717) is 17.0 Å². The van der Waals surface area contributed by atoms with Crippen molar-refractivity contribution in [2.75, 3.05) is 18.5 Å². The number of aliphatic hydroxyl groups is 1. The van der Waals surface area contributed by atoms with Gasteiger partial charge in [0.1, 0.15) is 12.3 Å². The fraction of sp³-hybridized carbons (Fsp3) is 0.385. The predicted molar refractivity (Wildman–Crippen MR) is 68.9 cm³/mol. The van der Waals surface area contributed by atoms with Gasteiger partial charge in [-0.05, 0) is 24.6 Å². The summed E-state index contributed by atoms with van der Waals surface area (Å²) >= 11 is 0. The molecule has 0 saturated heterocycles. The van der Waals surface area contributed by atoms with E-state index in [1.165, 1.54) is 11.9 Å². The number of nitrogens with zero attached hydrogens (tertiary/aromatic N) is 1. The average Bonchev–Trinajstić information content (AvgIpc) is 2.42. The third-order valence-corrected chi connectivity index (χ3v) is 3.00. The molecule has 0 saturated carbocycles. The molecule has 0 aliphatic carbocycles. The number of benzene rings is 1. The van der Waals surface area contributed by atoms with Gasteiger partial charge in [0, 0.05) is 7.05 Å². The number of rotatable bonds is 3. The quantitative estimate of drug-likeness (QED) is 0.808. The van der Waals surface area contributed by atoms with Gasteiger partial charge in [0.25, 0.3) is 5.91 Å². The highest BCUT2D eigenvalue weighted by Gasteiger charge is 2.32. The molecule has 0 aromatic heterocycles. The number of hydrogen-bond acceptors (Lipinski definition) is 4. The maximum atomic E-state index is 12.1. The first-order chi connectivity index (χ1) is 9.06. The smallest absolute Gasteiger partial charge is 0.268 e. The molecule has 6 heteroatoms. The van der Waals surface area contributed by atoms with Gasteiger partial charge in [-0.15, -0.1) is 0 Å². The van der Waals surface area contributed by atoms with Crippen LogP contribution in [0.1, 0.15) is 12.5 Å². The number of likely N-dealkylation sites (N-methyl/N-ethyl adjacent to an activating group) is 1. The minimum Gasteiger partial charge on any atom is -0.479 e. The molecule has 2 N–H and O–H groups in total. The van der Waals surface area contributed by atoms with Crippen molar-refractivity contribution in [3.05, 3.63) is 23.8 Å². The lowest BCUT2D eigenvalue weighted by atomic mass is 10.1. The van der Waals surface area contributed by atoms with Crippen LogP contribution in [-0.4, -0.2) is 36.6 Å². The predicted octanol–water partition coefficient (Wildman–Crippen LogP) is 0.0388. The molecule has 0 fully saturated rings. The summed E-state index contributed by atoms with van der Waals surface area (Å²) in [7, 11) is 1.52. The van der Waals surface area contributed by atoms with E-state index in [-0.39, 0.29) is 25.0 Å². The zero-order chi connectivity index (χ0) is 14.0. The molecule has 0 bridgehead atoms. The summed E-state index contributed by atoms with van der Waals surface area (Å²) in [5.41, 5.74) is 1.24. The number of ether oxygens (including phenoxy) is 1. The average molecular weight is 264 g/mol. The summed E-state index contributed by atoms with van der Waals surface area (Å²) in [6.07, 6.45) is -0.647. The minimum absolute atomic E-state index is 0.0471. The number of carbonyl (C=O) groups is 2. The van der Waals surface area contributed by atoms with E-state index in [9.17, 15) is 9.59 Å². The Balaban J connectivity index is 2.38. The maximum Gasteiger partial charge on any atom is 0.268 e. The Morgan fingerprint density at radius 1 is 1.53 bits per heavy atom. The summed E-state index contributed by atoms with van der Waals surface area (Å²) in [5, 5.41) is 11.6. The van der Waals surface area contributed by atoms with Gasteiger partial charge in [-0.25, -0.2) is 0 Å². The van der Waals surface area contributed by atoms with Crippen LogP contribution in [0.4, 0.5) is 5.69 Å². The number of hydrogen-bond donors (Lipinski definition) is 2. The molecule has 1 aliphatic rings. The van der Waals surface area contributed by atoms with Crippen molar-refractivity contribution >= 4 is 17.5 Å². The third-order valence-electron chi connectivity index (χ3n) is 3.00. The van der Waals surface area contributed by atoms with Crippen molar-refractivity contribution in [2.45, 2.75) is 19.6 Å². The lowest BCUT2D eigenvalue weighted by Gasteiger charge is -2.32. The Bertz CT molecular complexity index is 515. The van der Waals surface area contributed by atoms with Gasteiger partial charge in [0.2, 0.25) is 5.91 Å². The van der Waals surface area contributed by atoms with E-state index in [2.05, 4.69) is 5.32 Å². The lowest BCUT2D eigenvalue weighted by Crippen LogP contribution is -2.48. The summed E-state index contributed by atoms with van der Waals surface area (Å²) < 4.78 is 5.50. The number of fused-ring (bicyclic) bond motifs is 1. The fourth-order valence-electron chi connectivity index (χ4n) is 1.94. The summed E-state index contributed by atoms with van der Waals surface area (Å²) in [4.78, 5) is 24.9. The number of aliphatic hydroxyl groups excluding tert-OH is 1. The molecule has 1 aliphatic heterocycles. The standard InChI is InChI=1S/C13H16N2O4/c1-8-13(18)15(6-12(17)14-2)10-4-3-9(7-16)5-11(10)19-8/h3-5,8,16H,6-7H2,1-2H3,(H,14,17). The Hall–Kier alpha value is -2.08. The van der Waals surface area contributed by atoms with Gasteiger partial charge in [-0.1, -0.05) is 6.07 Å². The molecule has 0 radical (unpaired) electrons. The monoisotopic (exact) mass is 264 g/mol. The van der Waals surface area contributed by atoms with E-state index in [0.717, 1.165) is 0 Å². The second-order valence-corrected chi connectivity index (χ2v) is 4.32. The second-order valence-electron chi connectivity index (χ2n) is 4.32. The lowest BCUT2D eigenvalue weighted by molar-refractivity contribution is -0.128. The van der Waals surface area contributed by atoms with Gasteiger partial charge in [-0.3, -0.25) is 14.5 Å². The minimum atomic E-state index is -0.647. The van der Waals surface area contributed by atoms with Crippen LogP contribution < -0.4 is 15.0 Å². The van der Waals surface area contributed by atoms with Crippen molar-refractivity contribution in [2.24, 2.45) is 0 Å². The molecule has 19 heavy (non-hydrogen) atoms. The van der Waals surface area contributed by atoms with E-state index < -0.39 is 6.10 Å². The van der Waals surface area contributed by atoms with Gasteiger partial charge < -0.3 is 15.2 Å². The normalized spacial score (nSPS) is 17.7. The van der Waals surface area contributed by atoms with E-state index >= 15 is 0 Å². The molecule has 6 nitrogen and oxygen atoms in total. The molecule has 1 aromatic carbocycles. The summed E-state index contributed by atoms with van der Waals surface area (Å²) in [6.45, 7) is 1.48. The van der Waals surface area contributed by atoms with Gasteiger partial charge in [-0.2, -0.15) is 0 Å². The van der Waals surface area contributed by atoms with Crippen LogP contribution in [0.3, 0.4) is 0 Å². The number of anilines is 1. The first kappa shape index (κ1) is 13.4. The molecule has 1 heterocycles. The van der Waals surface area contributed by atoms with Crippen LogP contribution in [-0.2, 0) is 16.2 Å². The highest BCUT2D eigenvalue weighted by atomic mass is 16.5. The SMILES string of the molecule is CNC(=O)CN1C(=O)C(C)Oc2cc(CO)ccc21. The van der Waals surface area contributed by atoms with E-state index in [1.807, 2.05) is 0 Å². The van der Waals surface area contributed by atoms with Crippen molar-refractivity contribution in [3.8, 4) is 5.75 Å². The molecule has 2 rings (SSSR count). The van der Waals surface area contributed by atoms with Gasteiger partial charge in [0.15, 0.2) is 6.10 Å². The first-order valence-corrected chi connectivity index (χ1v) is 5.99. The van der Waals surface area contributed by atoms with Crippen molar-refractivity contribution < 1.29 is 19.4 Å². The summed E-state index contributed by atoms with van der Waals surface area (Å²) in [6, 6.07) is 5.05. The van der Waals surface area contributed by atoms with Crippen LogP contribution in [0, 0.1) is 0 Å². The van der Waals surface area contributed by atoms with Crippen LogP contribution in [0.5, 0.6) is 5.75 Å². The molecule has 1 unspecified atom stereocenters. The first-order valence-electron chi connectivity index (χ1n) is 5.99. The molecule has 2 amide bonds. The molecule has 102 valence electrons. The molecule has 1 atom stereocenters. The Morgan fingerprint density at radius 2 is 2.26 bits per heavy atom. The number of nitrogens with one attached hydrogen (secondary N) is 1. The molecule has 1 aromatic rings. The van der Waals surface area contributed by atoms with Crippen LogP contribution in [0.25, 0.3) is 0 Å².